The third-order valence-electron chi connectivity index (χ3n) is 6.62. The largest absolute Gasteiger partial charge is 0.395 e. The van der Waals surface area contributed by atoms with Crippen LogP contribution in [0.15, 0.2) is 42.9 Å². The van der Waals surface area contributed by atoms with E-state index in [9.17, 15) is 18.0 Å². The fraction of sp³-hybridized carbons (Fsp3) is 0.435. The number of benzene rings is 1. The highest BCUT2D eigenvalue weighted by molar-refractivity contribution is 5.85. The summed E-state index contributed by atoms with van der Waals surface area (Å²) in [4.78, 5) is 16.5. The van der Waals surface area contributed by atoms with Crippen LogP contribution in [0.4, 0.5) is 13.2 Å². The molecule has 1 saturated carbocycles. The van der Waals surface area contributed by atoms with Crippen molar-refractivity contribution in [2.24, 2.45) is 22.8 Å². The highest BCUT2D eigenvalue weighted by Crippen LogP contribution is 2.67. The molecule has 2 unspecified atom stereocenters. The first-order valence-electron chi connectivity index (χ1n) is 10.6. The zero-order chi connectivity index (χ0) is 23.1. The summed E-state index contributed by atoms with van der Waals surface area (Å²) >= 11 is 0. The van der Waals surface area contributed by atoms with Gasteiger partial charge in [-0.2, -0.15) is 18.3 Å². The number of H-pyrrole nitrogens is 1. The summed E-state index contributed by atoms with van der Waals surface area (Å²) < 4.78 is 42.3. The number of aromatic nitrogens is 3. The predicted octanol–water partition coefficient (Wildman–Crippen LogP) is 4.18. The van der Waals surface area contributed by atoms with Gasteiger partial charge in [-0.15, -0.1) is 12.4 Å². The van der Waals surface area contributed by atoms with Crippen molar-refractivity contribution >= 4 is 29.2 Å². The third-order valence-corrected chi connectivity index (χ3v) is 6.62. The molecular formula is C23H27ClF3N5O. The quantitative estimate of drug-likeness (QED) is 0.448. The molecule has 3 aromatic rings. The topological polar surface area (TPSA) is 111 Å². The third kappa shape index (κ3) is 4.84. The van der Waals surface area contributed by atoms with Crippen LogP contribution in [0.3, 0.4) is 0 Å². The Morgan fingerprint density at radius 3 is 2.58 bits per heavy atom. The van der Waals surface area contributed by atoms with E-state index in [2.05, 4.69) is 15.2 Å². The zero-order valence-electron chi connectivity index (χ0n) is 18.1. The smallest absolute Gasteiger partial charge is 0.369 e. The molecule has 1 fully saturated rings. The van der Waals surface area contributed by atoms with Crippen molar-refractivity contribution in [1.82, 2.24) is 15.2 Å². The number of primary amides is 1. The Kier molecular flexibility index (Phi) is 7.04. The van der Waals surface area contributed by atoms with Gasteiger partial charge >= 0.3 is 6.18 Å². The van der Waals surface area contributed by atoms with Crippen LogP contribution in [0, 0.1) is 18.3 Å². The molecule has 10 heteroatoms. The molecule has 1 amide bonds. The van der Waals surface area contributed by atoms with Gasteiger partial charge in [-0.05, 0) is 61.4 Å². The maximum Gasteiger partial charge on any atom is 0.395 e. The van der Waals surface area contributed by atoms with Gasteiger partial charge in [0.15, 0.2) is 0 Å². The first-order valence-corrected chi connectivity index (χ1v) is 10.6. The molecular weight excluding hydrogens is 455 g/mol. The molecule has 0 bridgehead atoms. The van der Waals surface area contributed by atoms with Gasteiger partial charge in [0.05, 0.1) is 17.1 Å². The number of fused-ring (bicyclic) bond motifs is 1. The number of amides is 1. The van der Waals surface area contributed by atoms with Crippen molar-refractivity contribution in [3.05, 3.63) is 59.5 Å². The number of aromatic amines is 1. The fourth-order valence-corrected chi connectivity index (χ4v) is 4.96. The second-order valence-corrected chi connectivity index (χ2v) is 8.87. The van der Waals surface area contributed by atoms with Gasteiger partial charge in [0.2, 0.25) is 5.91 Å². The first-order chi connectivity index (χ1) is 15.1. The number of halogens is 4. The van der Waals surface area contributed by atoms with Gasteiger partial charge in [-0.3, -0.25) is 14.9 Å². The Bertz CT molecular complexity index is 1110. The Morgan fingerprint density at radius 2 is 2.00 bits per heavy atom. The van der Waals surface area contributed by atoms with Crippen molar-refractivity contribution in [1.29, 1.82) is 0 Å². The number of hydrogen-bond donors (Lipinski definition) is 3. The minimum Gasteiger partial charge on any atom is -0.369 e. The lowest BCUT2D eigenvalue weighted by Gasteiger charge is -2.35. The number of carbonyl (C=O) groups excluding carboxylic acids is 1. The van der Waals surface area contributed by atoms with E-state index in [1.54, 1.807) is 18.3 Å². The van der Waals surface area contributed by atoms with E-state index in [4.69, 9.17) is 11.5 Å². The van der Waals surface area contributed by atoms with E-state index in [-0.39, 0.29) is 31.7 Å². The Balaban J connectivity index is 0.00000306. The van der Waals surface area contributed by atoms with E-state index in [1.807, 2.05) is 19.1 Å². The summed E-state index contributed by atoms with van der Waals surface area (Å²) in [6, 6.07) is 6.54. The minimum atomic E-state index is -4.45. The summed E-state index contributed by atoms with van der Waals surface area (Å²) in [5, 5.41) is 7.90. The molecule has 5 N–H and O–H groups in total. The lowest BCUT2D eigenvalue weighted by molar-refractivity contribution is -0.198. The van der Waals surface area contributed by atoms with Crippen molar-refractivity contribution in [3.8, 4) is 0 Å². The van der Waals surface area contributed by atoms with Gasteiger partial charge in [-0.25, -0.2) is 0 Å². The number of nitrogens with zero attached hydrogens (tertiary/aromatic N) is 2. The van der Waals surface area contributed by atoms with Crippen LogP contribution in [0.5, 0.6) is 0 Å². The molecule has 3 atom stereocenters. The molecule has 33 heavy (non-hydrogen) atoms. The van der Waals surface area contributed by atoms with Crippen LogP contribution in [0.25, 0.3) is 10.9 Å². The second-order valence-electron chi connectivity index (χ2n) is 8.87. The maximum atomic E-state index is 14.1. The number of rotatable bonds is 8. The van der Waals surface area contributed by atoms with Crippen LogP contribution in [-0.4, -0.2) is 33.3 Å². The molecule has 1 aromatic carbocycles. The van der Waals surface area contributed by atoms with Gasteiger partial charge in [-0.1, -0.05) is 12.1 Å². The molecule has 178 valence electrons. The molecule has 0 saturated heterocycles. The Labute approximate surface area is 195 Å². The highest BCUT2D eigenvalue weighted by Gasteiger charge is 2.69. The molecule has 0 aliphatic heterocycles. The molecule has 1 aliphatic carbocycles. The van der Waals surface area contributed by atoms with Crippen LogP contribution >= 0.6 is 12.4 Å². The summed E-state index contributed by atoms with van der Waals surface area (Å²) in [5.74, 6) is -2.94. The van der Waals surface area contributed by atoms with E-state index in [0.717, 1.165) is 22.0 Å². The van der Waals surface area contributed by atoms with Gasteiger partial charge in [0, 0.05) is 35.7 Å². The first kappa shape index (κ1) is 25.0. The molecule has 0 radical (unpaired) electrons. The summed E-state index contributed by atoms with van der Waals surface area (Å²) in [5.41, 5.74) is 13.3. The number of hydrogen-bond acceptors (Lipinski definition) is 4. The van der Waals surface area contributed by atoms with Crippen LogP contribution in [0.1, 0.15) is 41.9 Å². The molecule has 1 aliphatic rings. The number of nitrogens with one attached hydrogen (secondary N) is 1. The monoisotopic (exact) mass is 481 g/mol. The van der Waals surface area contributed by atoms with Crippen LogP contribution in [0.2, 0.25) is 0 Å². The highest BCUT2D eigenvalue weighted by atomic mass is 35.5. The molecule has 4 rings (SSSR count). The lowest BCUT2D eigenvalue weighted by atomic mass is 9.71. The number of pyridine rings is 1. The minimum absolute atomic E-state index is 0. The van der Waals surface area contributed by atoms with Crippen molar-refractivity contribution in [2.75, 3.05) is 0 Å². The van der Waals surface area contributed by atoms with Crippen molar-refractivity contribution in [3.63, 3.8) is 0 Å². The van der Waals surface area contributed by atoms with Crippen molar-refractivity contribution < 1.29 is 18.0 Å². The lowest BCUT2D eigenvalue weighted by Crippen LogP contribution is -2.42. The van der Waals surface area contributed by atoms with Gasteiger partial charge in [0.1, 0.15) is 0 Å². The molecule has 2 heterocycles. The molecule has 6 nitrogen and oxygen atoms in total. The number of nitrogens with two attached hydrogens (primary N) is 2. The van der Waals surface area contributed by atoms with Gasteiger partial charge in [0.25, 0.3) is 0 Å². The number of alkyl halides is 3. The van der Waals surface area contributed by atoms with E-state index in [0.29, 0.717) is 12.0 Å². The summed E-state index contributed by atoms with van der Waals surface area (Å²) in [6.45, 7) is 1.94. The average molecular weight is 482 g/mol. The molecule has 2 aromatic heterocycles. The Hall–Kier alpha value is -2.65. The van der Waals surface area contributed by atoms with E-state index < -0.39 is 35.4 Å². The van der Waals surface area contributed by atoms with Crippen LogP contribution < -0.4 is 11.5 Å². The second kappa shape index (κ2) is 9.30. The normalized spacial score (nSPS) is 17.7. The van der Waals surface area contributed by atoms with E-state index in [1.165, 1.54) is 12.4 Å². The predicted molar refractivity (Wildman–Crippen MR) is 122 cm³/mol. The maximum absolute atomic E-state index is 14.1. The summed E-state index contributed by atoms with van der Waals surface area (Å²) in [6.07, 6.45) is 0.536. The van der Waals surface area contributed by atoms with Crippen molar-refractivity contribution in [2.45, 2.75) is 50.7 Å². The SMILES string of the molecule is Cc1cc(C[C@@H](N)CC(C(N)=O)C(c2cccnc2)C2(C(F)(F)F)CC2)cc2cn[nH]c12.Cl. The van der Waals surface area contributed by atoms with E-state index >= 15 is 0 Å². The Morgan fingerprint density at radius 1 is 1.27 bits per heavy atom. The number of carbonyl (C=O) groups is 1. The summed E-state index contributed by atoms with van der Waals surface area (Å²) in [7, 11) is 0. The zero-order valence-corrected chi connectivity index (χ0v) is 18.9. The average Bonchev–Trinajstić information content (AvgIpc) is 3.39. The fourth-order valence-electron chi connectivity index (χ4n) is 4.96. The molecule has 0 spiro atoms. The van der Waals surface area contributed by atoms with Crippen LogP contribution in [-0.2, 0) is 11.2 Å². The standard InChI is InChI=1S/C23H26F3N5O.ClH/c1-13-7-14(8-16-12-30-31-20(13)16)9-17(27)10-18(21(28)32)19(15-3-2-6-29-11-15)22(4-5-22)23(24,25)26;/h2-3,6-8,11-12,17-19H,4-5,9-10,27H2,1H3,(H2,28,32)(H,30,31);1H/t17-,18?,19?;/m1./s1. The van der Waals surface area contributed by atoms with Gasteiger partial charge < -0.3 is 11.5 Å². The number of aryl methyl sites for hydroxylation is 1.